The predicted octanol–water partition coefficient (Wildman–Crippen LogP) is 7.15. The van der Waals surface area contributed by atoms with E-state index in [1.165, 1.54) is 44.9 Å². The minimum absolute atomic E-state index is 0.0358. The average molecular weight is 931 g/mol. The van der Waals surface area contributed by atoms with Gasteiger partial charge in [-0.3, -0.25) is 28.0 Å². The number of rotatable bonds is 39. The molecule has 1 aliphatic rings. The van der Waals surface area contributed by atoms with Crippen LogP contribution in [0.15, 0.2) is 12.2 Å². The molecule has 1 fully saturated rings. The number of Topliss-reactive ketones (excluding diaryl/α,β-unsaturated/α-hetero) is 1. The van der Waals surface area contributed by atoms with E-state index in [9.17, 15) is 48.8 Å². The summed E-state index contributed by atoms with van der Waals surface area (Å²) in [5.41, 5.74) is 0. The predicted molar refractivity (Wildman–Crippen MR) is 232 cm³/mol. The van der Waals surface area contributed by atoms with Crippen LogP contribution < -0.4 is 0 Å². The zero-order valence-corrected chi connectivity index (χ0v) is 39.3. The van der Waals surface area contributed by atoms with Gasteiger partial charge in [-0.2, -0.15) is 0 Å². The first-order valence-electron chi connectivity index (χ1n) is 22.9. The summed E-state index contributed by atoms with van der Waals surface area (Å²) in [4.78, 5) is 65.8. The number of unbranched alkanes of at least 4 members (excludes halogenated alkanes) is 12. The molecule has 19 heteroatoms. The lowest BCUT2D eigenvalue weighted by molar-refractivity contribution is -0.161. The van der Waals surface area contributed by atoms with Crippen LogP contribution in [0.4, 0.5) is 0 Å². The van der Waals surface area contributed by atoms with Gasteiger partial charge in [-0.25, -0.2) is 9.13 Å². The number of hydrogen-bond acceptors (Lipinski definition) is 14. The van der Waals surface area contributed by atoms with Gasteiger partial charge >= 0.3 is 27.6 Å². The summed E-state index contributed by atoms with van der Waals surface area (Å²) >= 11 is 0. The Morgan fingerprint density at radius 1 is 0.677 bits per heavy atom. The van der Waals surface area contributed by atoms with E-state index in [2.05, 4.69) is 29.8 Å². The van der Waals surface area contributed by atoms with E-state index in [4.69, 9.17) is 23.8 Å². The van der Waals surface area contributed by atoms with Crippen LogP contribution in [-0.2, 0) is 46.6 Å². The number of ketones is 1. The summed E-state index contributed by atoms with van der Waals surface area (Å²) in [5.74, 6) is -1.63. The number of carbonyl (C=O) groups is 3. The normalized spacial score (nSPS) is 21.1. The fourth-order valence-electron chi connectivity index (χ4n) is 7.20. The number of ether oxygens (including phenoxy) is 2. The minimum atomic E-state index is -4.91. The van der Waals surface area contributed by atoms with Gasteiger partial charge in [-0.05, 0) is 31.6 Å². The van der Waals surface area contributed by atoms with Crippen molar-refractivity contribution in [1.29, 1.82) is 0 Å². The van der Waals surface area contributed by atoms with Crippen molar-refractivity contribution in [2.24, 2.45) is 17.8 Å². The Kier molecular flexibility index (Phi) is 31.9. The van der Waals surface area contributed by atoms with E-state index in [1.54, 1.807) is 12.2 Å². The molecule has 0 amide bonds. The maximum Gasteiger partial charge on any atom is 0.472 e. The van der Waals surface area contributed by atoms with Gasteiger partial charge in [0.25, 0.3) is 0 Å². The Labute approximate surface area is 369 Å². The highest BCUT2D eigenvalue weighted by atomic mass is 31.2. The number of aliphatic hydroxyl groups excluding tert-OH is 4. The monoisotopic (exact) mass is 930 g/mol. The number of hydrogen-bond donors (Lipinski definition) is 7. The van der Waals surface area contributed by atoms with Crippen molar-refractivity contribution in [1.82, 2.24) is 0 Å². The molecule has 62 heavy (non-hydrogen) atoms. The van der Waals surface area contributed by atoms with Crippen molar-refractivity contribution in [3.63, 3.8) is 0 Å². The minimum Gasteiger partial charge on any atom is -0.462 e. The van der Waals surface area contributed by atoms with Crippen LogP contribution in [0.2, 0.25) is 0 Å². The summed E-state index contributed by atoms with van der Waals surface area (Å²) < 4.78 is 47.7. The topological polar surface area (TPSA) is 273 Å². The summed E-state index contributed by atoms with van der Waals surface area (Å²) in [5, 5.41) is 41.1. The highest BCUT2D eigenvalue weighted by molar-refractivity contribution is 7.47. The lowest BCUT2D eigenvalue weighted by atomic mass is 9.87. The van der Waals surface area contributed by atoms with Crippen LogP contribution >= 0.6 is 15.6 Å². The van der Waals surface area contributed by atoms with Gasteiger partial charge in [0.1, 0.15) is 18.5 Å². The Hall–Kier alpha value is -1.59. The van der Waals surface area contributed by atoms with Crippen LogP contribution in [0.5, 0.6) is 0 Å². The van der Waals surface area contributed by atoms with Gasteiger partial charge in [-0.15, -0.1) is 0 Å². The van der Waals surface area contributed by atoms with Gasteiger partial charge < -0.3 is 44.6 Å². The molecular weight excluding hydrogens is 850 g/mol. The van der Waals surface area contributed by atoms with Crippen molar-refractivity contribution >= 4 is 33.4 Å². The van der Waals surface area contributed by atoms with E-state index in [1.807, 2.05) is 0 Å². The molecule has 1 aliphatic carbocycles. The number of phosphoric ester groups is 2. The van der Waals surface area contributed by atoms with Gasteiger partial charge in [0.2, 0.25) is 0 Å². The fraction of sp³-hybridized carbons (Fsp3) is 0.884. The third-order valence-corrected chi connectivity index (χ3v) is 12.6. The second kappa shape index (κ2) is 33.8. The van der Waals surface area contributed by atoms with Gasteiger partial charge in [0, 0.05) is 43.9 Å². The maximum atomic E-state index is 12.8. The highest BCUT2D eigenvalue weighted by Crippen LogP contribution is 2.44. The average Bonchev–Trinajstić information content (AvgIpc) is 3.48. The smallest absolute Gasteiger partial charge is 0.462 e. The first kappa shape index (κ1) is 58.4. The van der Waals surface area contributed by atoms with Crippen LogP contribution in [-0.4, -0.2) is 110 Å². The number of esters is 2. The molecular formula is C43H80O17P2. The van der Waals surface area contributed by atoms with Crippen LogP contribution in [0, 0.1) is 17.8 Å². The molecule has 17 nitrogen and oxygen atoms in total. The number of aliphatic hydroxyl groups is 4. The zero-order valence-electron chi connectivity index (χ0n) is 37.5. The standard InChI is InChI=1S/C43H80O17P2/c1-4-6-15-21-34(44)25-26-38-39(41(48)28-40(38)47)27-35(45)22-18-19-23-42(49)56-31-37(32-59-62(54,55)58-30-36(46)29-57-61(51,52)53)60-43(50)24-17-14-12-10-8-7-9-11-13-16-20-33(3)5-2/h25-26,33-34,36-41,44,46-48H,4-24,27-32H2,1-3H3,(H,54,55)(H2,51,52,53)/b26-25+/t33?,34-,36-,37+,38+,39+,40+,41-/m0/s1. The Balaban J connectivity index is 2.57. The molecule has 0 radical (unpaired) electrons. The first-order chi connectivity index (χ1) is 29.4. The lowest BCUT2D eigenvalue weighted by Gasteiger charge is -2.21. The molecule has 1 rings (SSSR count). The van der Waals surface area contributed by atoms with Gasteiger partial charge in [0.15, 0.2) is 6.10 Å². The molecule has 364 valence electrons. The maximum absolute atomic E-state index is 12.8. The van der Waals surface area contributed by atoms with Gasteiger partial charge in [0.05, 0.1) is 38.1 Å². The fourth-order valence-corrected chi connectivity index (χ4v) is 8.36. The molecule has 0 bridgehead atoms. The van der Waals surface area contributed by atoms with E-state index in [-0.39, 0.29) is 44.3 Å². The SMILES string of the molecule is CCCCC[C@H](O)/C=C/[C@@H]1[C@@H](CC(=O)CCCCC(=O)OC[C@H](COP(=O)(O)OC[C@@H](O)COP(=O)(O)O)OC(=O)CCCCCCCCCCCCC(C)CC)[C@@H](O)C[C@H]1O. The molecule has 9 atom stereocenters. The Bertz CT molecular complexity index is 1340. The second-order valence-electron chi connectivity index (χ2n) is 16.9. The Morgan fingerprint density at radius 3 is 1.85 bits per heavy atom. The van der Waals surface area contributed by atoms with Crippen molar-refractivity contribution in [2.75, 3.05) is 26.4 Å². The molecule has 0 heterocycles. The summed E-state index contributed by atoms with van der Waals surface area (Å²) in [6.45, 7) is 3.55. The van der Waals surface area contributed by atoms with E-state index in [0.717, 1.165) is 50.9 Å². The molecule has 0 aromatic heterocycles. The number of carbonyl (C=O) groups excluding carboxylic acids is 3. The van der Waals surface area contributed by atoms with E-state index in [0.29, 0.717) is 19.3 Å². The molecule has 0 saturated heterocycles. The molecule has 0 spiro atoms. The lowest BCUT2D eigenvalue weighted by Crippen LogP contribution is -2.30. The van der Waals surface area contributed by atoms with Crippen molar-refractivity contribution in [3.8, 4) is 0 Å². The van der Waals surface area contributed by atoms with Crippen LogP contribution in [0.25, 0.3) is 0 Å². The molecule has 0 aromatic rings. The third-order valence-electron chi connectivity index (χ3n) is 11.2. The molecule has 7 N–H and O–H groups in total. The molecule has 0 aromatic carbocycles. The summed E-state index contributed by atoms with van der Waals surface area (Å²) in [6.07, 6.45) is 15.6. The van der Waals surface area contributed by atoms with Crippen molar-refractivity contribution in [3.05, 3.63) is 12.2 Å². The third kappa shape index (κ3) is 30.5. The van der Waals surface area contributed by atoms with E-state index < -0.39 is 96.4 Å². The zero-order chi connectivity index (χ0) is 46.4. The highest BCUT2D eigenvalue weighted by Gasteiger charge is 2.41. The quantitative estimate of drug-likeness (QED) is 0.0140. The van der Waals surface area contributed by atoms with Crippen LogP contribution in [0.3, 0.4) is 0 Å². The van der Waals surface area contributed by atoms with E-state index >= 15 is 0 Å². The van der Waals surface area contributed by atoms with Crippen molar-refractivity contribution in [2.45, 2.75) is 199 Å². The summed E-state index contributed by atoms with van der Waals surface area (Å²) in [7, 11) is -9.80. The first-order valence-corrected chi connectivity index (χ1v) is 26.0. The van der Waals surface area contributed by atoms with Crippen LogP contribution in [0.1, 0.15) is 168 Å². The molecule has 0 aliphatic heterocycles. The molecule has 1 saturated carbocycles. The second-order valence-corrected chi connectivity index (χ2v) is 19.6. The summed E-state index contributed by atoms with van der Waals surface area (Å²) in [6, 6.07) is 0. The largest absolute Gasteiger partial charge is 0.472 e. The van der Waals surface area contributed by atoms with Gasteiger partial charge in [-0.1, -0.05) is 123 Å². The molecule has 2 unspecified atom stereocenters. The number of phosphoric acid groups is 2. The van der Waals surface area contributed by atoms with Crippen molar-refractivity contribution < 1.29 is 81.7 Å². The Morgan fingerprint density at radius 2 is 1.23 bits per heavy atom.